The van der Waals surface area contributed by atoms with Crippen LogP contribution in [-0.4, -0.2) is 42.9 Å². The van der Waals surface area contributed by atoms with Gasteiger partial charge in [0, 0.05) is 26.7 Å². The van der Waals surface area contributed by atoms with Gasteiger partial charge in [0.1, 0.15) is 0 Å². The van der Waals surface area contributed by atoms with E-state index in [0.717, 1.165) is 24.5 Å². The SMILES string of the molecule is CNC(=S)N1CCC(OC)CC1C. The van der Waals surface area contributed by atoms with Crippen molar-refractivity contribution in [2.24, 2.45) is 0 Å². The molecule has 0 spiro atoms. The Balaban J connectivity index is 2.48. The van der Waals surface area contributed by atoms with Gasteiger partial charge in [0.15, 0.2) is 5.11 Å². The van der Waals surface area contributed by atoms with Crippen molar-refractivity contribution >= 4 is 17.3 Å². The average molecular weight is 202 g/mol. The van der Waals surface area contributed by atoms with Crippen LogP contribution in [0.5, 0.6) is 0 Å². The number of methoxy groups -OCH3 is 1. The fourth-order valence-electron chi connectivity index (χ4n) is 1.79. The number of hydrogen-bond acceptors (Lipinski definition) is 2. The van der Waals surface area contributed by atoms with Gasteiger partial charge in [-0.25, -0.2) is 0 Å². The fraction of sp³-hybridized carbons (Fsp3) is 0.889. The highest BCUT2D eigenvalue weighted by atomic mass is 32.1. The van der Waals surface area contributed by atoms with Crippen molar-refractivity contribution in [3.05, 3.63) is 0 Å². The number of hydrogen-bond donors (Lipinski definition) is 1. The molecule has 0 aromatic carbocycles. The third-order valence-electron chi connectivity index (χ3n) is 2.64. The minimum Gasteiger partial charge on any atom is -0.381 e. The summed E-state index contributed by atoms with van der Waals surface area (Å²) in [5, 5.41) is 3.86. The van der Waals surface area contributed by atoms with E-state index in [-0.39, 0.29) is 0 Å². The first-order chi connectivity index (χ1) is 6.19. The molecule has 1 saturated heterocycles. The Labute approximate surface area is 85.4 Å². The van der Waals surface area contributed by atoms with Gasteiger partial charge in [-0.3, -0.25) is 0 Å². The molecule has 1 N–H and O–H groups in total. The third kappa shape index (κ3) is 2.54. The zero-order valence-corrected chi connectivity index (χ0v) is 9.36. The zero-order valence-electron chi connectivity index (χ0n) is 8.54. The van der Waals surface area contributed by atoms with Crippen LogP contribution in [0.4, 0.5) is 0 Å². The van der Waals surface area contributed by atoms with Gasteiger partial charge in [-0.1, -0.05) is 0 Å². The van der Waals surface area contributed by atoms with E-state index in [1.54, 1.807) is 7.11 Å². The second-order valence-electron chi connectivity index (χ2n) is 3.48. The second-order valence-corrected chi connectivity index (χ2v) is 3.87. The molecule has 1 fully saturated rings. The maximum atomic E-state index is 5.33. The van der Waals surface area contributed by atoms with Crippen LogP contribution in [0.3, 0.4) is 0 Å². The number of nitrogens with zero attached hydrogens (tertiary/aromatic N) is 1. The summed E-state index contributed by atoms with van der Waals surface area (Å²) in [6.07, 6.45) is 2.55. The van der Waals surface area contributed by atoms with Gasteiger partial charge in [0.2, 0.25) is 0 Å². The molecule has 1 aliphatic heterocycles. The number of piperidine rings is 1. The number of rotatable bonds is 1. The highest BCUT2D eigenvalue weighted by Gasteiger charge is 2.26. The van der Waals surface area contributed by atoms with Crippen LogP contribution in [0.1, 0.15) is 19.8 Å². The summed E-state index contributed by atoms with van der Waals surface area (Å²) < 4.78 is 5.33. The van der Waals surface area contributed by atoms with Crippen LogP contribution < -0.4 is 5.32 Å². The first-order valence-electron chi connectivity index (χ1n) is 4.70. The summed E-state index contributed by atoms with van der Waals surface area (Å²) in [6, 6.07) is 0.485. The molecule has 13 heavy (non-hydrogen) atoms. The molecule has 76 valence electrons. The summed E-state index contributed by atoms with van der Waals surface area (Å²) in [5.41, 5.74) is 0. The maximum Gasteiger partial charge on any atom is 0.168 e. The quantitative estimate of drug-likeness (QED) is 0.641. The molecule has 4 heteroatoms. The molecule has 0 aromatic rings. The minimum atomic E-state index is 0.408. The molecule has 0 saturated carbocycles. The third-order valence-corrected chi connectivity index (χ3v) is 3.07. The van der Waals surface area contributed by atoms with Crippen molar-refractivity contribution < 1.29 is 4.74 Å². The van der Waals surface area contributed by atoms with Crippen molar-refractivity contribution in [2.75, 3.05) is 20.7 Å². The van der Waals surface area contributed by atoms with E-state index >= 15 is 0 Å². The largest absolute Gasteiger partial charge is 0.381 e. The predicted octanol–water partition coefficient (Wildman–Crippen LogP) is 0.990. The number of likely N-dealkylation sites (tertiary alicyclic amines) is 1. The van der Waals surface area contributed by atoms with Crippen LogP contribution >= 0.6 is 12.2 Å². The molecule has 0 aromatic heterocycles. The van der Waals surface area contributed by atoms with Crippen LogP contribution in [-0.2, 0) is 4.74 Å². The van der Waals surface area contributed by atoms with Crippen molar-refractivity contribution in [3.8, 4) is 0 Å². The van der Waals surface area contributed by atoms with Gasteiger partial charge in [-0.2, -0.15) is 0 Å². The Morgan fingerprint density at radius 3 is 2.77 bits per heavy atom. The zero-order chi connectivity index (χ0) is 9.84. The van der Waals surface area contributed by atoms with Crippen molar-refractivity contribution in [2.45, 2.75) is 31.9 Å². The van der Waals surface area contributed by atoms with Crippen LogP contribution in [0.2, 0.25) is 0 Å². The molecule has 0 aliphatic carbocycles. The van der Waals surface area contributed by atoms with Gasteiger partial charge in [-0.05, 0) is 32.0 Å². The fourth-order valence-corrected chi connectivity index (χ4v) is 2.06. The lowest BCUT2D eigenvalue weighted by molar-refractivity contribution is 0.0385. The van der Waals surface area contributed by atoms with E-state index < -0.39 is 0 Å². The first kappa shape index (κ1) is 10.7. The summed E-state index contributed by atoms with van der Waals surface area (Å²) in [5.74, 6) is 0. The molecule has 1 aliphatic rings. The number of ether oxygens (including phenoxy) is 1. The van der Waals surface area contributed by atoms with Gasteiger partial charge >= 0.3 is 0 Å². The van der Waals surface area contributed by atoms with E-state index in [0.29, 0.717) is 12.1 Å². The van der Waals surface area contributed by atoms with E-state index in [9.17, 15) is 0 Å². The Bertz CT molecular complexity index is 186. The first-order valence-corrected chi connectivity index (χ1v) is 5.11. The summed E-state index contributed by atoms with van der Waals surface area (Å²) in [6.45, 7) is 3.19. The lowest BCUT2D eigenvalue weighted by Crippen LogP contribution is -2.49. The normalized spacial score (nSPS) is 28.7. The molecule has 0 amide bonds. The minimum absolute atomic E-state index is 0.408. The van der Waals surface area contributed by atoms with E-state index in [2.05, 4.69) is 17.1 Å². The highest BCUT2D eigenvalue weighted by Crippen LogP contribution is 2.19. The lowest BCUT2D eigenvalue weighted by Gasteiger charge is -2.38. The number of nitrogens with one attached hydrogen (secondary N) is 1. The van der Waals surface area contributed by atoms with Gasteiger partial charge < -0.3 is 15.0 Å². The number of thiocarbonyl (C=S) groups is 1. The molecule has 1 rings (SSSR count). The van der Waals surface area contributed by atoms with Gasteiger partial charge in [0.05, 0.1) is 6.10 Å². The maximum absolute atomic E-state index is 5.33. The Hall–Kier alpha value is -0.350. The molecule has 0 radical (unpaired) electrons. The molecule has 2 unspecified atom stereocenters. The van der Waals surface area contributed by atoms with Crippen LogP contribution in [0.15, 0.2) is 0 Å². The van der Waals surface area contributed by atoms with Crippen LogP contribution in [0, 0.1) is 0 Å². The molecule has 3 nitrogen and oxygen atoms in total. The van der Waals surface area contributed by atoms with E-state index in [4.69, 9.17) is 17.0 Å². The van der Waals surface area contributed by atoms with Gasteiger partial charge in [-0.15, -0.1) is 0 Å². The standard InChI is InChI=1S/C9H18N2OS/c1-7-6-8(12-3)4-5-11(7)9(13)10-2/h7-8H,4-6H2,1-3H3,(H,10,13). The Morgan fingerprint density at radius 1 is 1.62 bits per heavy atom. The smallest absolute Gasteiger partial charge is 0.168 e. The van der Waals surface area contributed by atoms with Crippen molar-refractivity contribution in [1.29, 1.82) is 0 Å². The Kier molecular flexibility index (Phi) is 3.93. The molecule has 1 heterocycles. The average Bonchev–Trinajstić information content (AvgIpc) is 2.16. The van der Waals surface area contributed by atoms with E-state index in [1.165, 1.54) is 0 Å². The van der Waals surface area contributed by atoms with E-state index in [1.807, 2.05) is 7.05 Å². The summed E-state index contributed by atoms with van der Waals surface area (Å²) >= 11 is 5.20. The predicted molar refractivity (Wildman–Crippen MR) is 57.9 cm³/mol. The molecular formula is C9H18N2OS. The summed E-state index contributed by atoms with van der Waals surface area (Å²) in [4.78, 5) is 2.23. The molecule has 2 atom stereocenters. The lowest BCUT2D eigenvalue weighted by atomic mass is 10.0. The highest BCUT2D eigenvalue weighted by molar-refractivity contribution is 7.80. The van der Waals surface area contributed by atoms with Crippen molar-refractivity contribution in [1.82, 2.24) is 10.2 Å². The van der Waals surface area contributed by atoms with Gasteiger partial charge in [0.25, 0.3) is 0 Å². The van der Waals surface area contributed by atoms with Crippen molar-refractivity contribution in [3.63, 3.8) is 0 Å². The molecule has 0 bridgehead atoms. The topological polar surface area (TPSA) is 24.5 Å². The monoisotopic (exact) mass is 202 g/mol. The van der Waals surface area contributed by atoms with Crippen LogP contribution in [0.25, 0.3) is 0 Å². The Morgan fingerprint density at radius 2 is 2.31 bits per heavy atom. The summed E-state index contributed by atoms with van der Waals surface area (Å²) in [7, 11) is 3.65. The molecular weight excluding hydrogens is 184 g/mol. The second kappa shape index (κ2) is 4.77.